The summed E-state index contributed by atoms with van der Waals surface area (Å²) in [5, 5.41) is 14.6. The first kappa shape index (κ1) is 21.9. The van der Waals surface area contributed by atoms with Gasteiger partial charge < -0.3 is 14.8 Å². The van der Waals surface area contributed by atoms with Crippen LogP contribution in [0.1, 0.15) is 33.1 Å². The molecular formula is C19H29N3O6S. The Kier molecular flexibility index (Phi) is 7.10. The molecule has 2 saturated heterocycles. The number of anilines is 1. The van der Waals surface area contributed by atoms with Crippen LogP contribution in [0.2, 0.25) is 0 Å². The number of sulfonamides is 1. The summed E-state index contributed by atoms with van der Waals surface area (Å²) < 4.78 is 38.8. The first-order valence-corrected chi connectivity index (χ1v) is 11.5. The molecule has 2 atom stereocenters. The number of nitrogens with one attached hydrogen (secondary N) is 1. The zero-order valence-electron chi connectivity index (χ0n) is 16.9. The highest BCUT2D eigenvalue weighted by Gasteiger charge is 2.32. The van der Waals surface area contributed by atoms with Gasteiger partial charge in [-0.05, 0) is 31.2 Å². The van der Waals surface area contributed by atoms with Gasteiger partial charge >= 0.3 is 0 Å². The number of hydrogen-bond donors (Lipinski definition) is 1. The number of hydrogen-bond acceptors (Lipinski definition) is 7. The first-order valence-electron chi connectivity index (χ1n) is 10.0. The number of nitro benzene ring substituents is 1. The van der Waals surface area contributed by atoms with Crippen molar-refractivity contribution in [2.75, 3.05) is 38.2 Å². The van der Waals surface area contributed by atoms with E-state index >= 15 is 0 Å². The molecule has 9 nitrogen and oxygen atoms in total. The Morgan fingerprint density at radius 3 is 2.66 bits per heavy atom. The van der Waals surface area contributed by atoms with Crippen LogP contribution in [-0.2, 0) is 19.5 Å². The van der Waals surface area contributed by atoms with Crippen molar-refractivity contribution in [3.8, 4) is 0 Å². The number of nitrogens with zero attached hydrogens (tertiary/aromatic N) is 2. The number of rotatable bonds is 7. The van der Waals surface area contributed by atoms with Crippen LogP contribution < -0.4 is 5.32 Å². The number of morpholine rings is 1. The fraction of sp³-hybridized carbons (Fsp3) is 0.684. The van der Waals surface area contributed by atoms with Gasteiger partial charge in [0.05, 0.1) is 29.9 Å². The summed E-state index contributed by atoms with van der Waals surface area (Å²) >= 11 is 0. The highest BCUT2D eigenvalue weighted by Crippen LogP contribution is 2.32. The lowest BCUT2D eigenvalue weighted by Gasteiger charge is -2.32. The van der Waals surface area contributed by atoms with Gasteiger partial charge in [-0.2, -0.15) is 4.31 Å². The van der Waals surface area contributed by atoms with E-state index in [1.807, 2.05) is 0 Å². The van der Waals surface area contributed by atoms with Crippen molar-refractivity contribution in [1.82, 2.24) is 4.31 Å². The van der Waals surface area contributed by atoms with Gasteiger partial charge in [-0.25, -0.2) is 8.42 Å². The highest BCUT2D eigenvalue weighted by atomic mass is 32.2. The van der Waals surface area contributed by atoms with Crippen LogP contribution in [0.15, 0.2) is 23.1 Å². The lowest BCUT2D eigenvalue weighted by molar-refractivity contribution is -0.385. The molecule has 0 saturated carbocycles. The Bertz CT molecular complexity index is 823. The molecular weight excluding hydrogens is 398 g/mol. The van der Waals surface area contributed by atoms with Crippen LogP contribution in [0, 0.1) is 16.0 Å². The van der Waals surface area contributed by atoms with E-state index in [2.05, 4.69) is 19.2 Å². The first-order chi connectivity index (χ1) is 13.8. The molecule has 0 aromatic heterocycles. The van der Waals surface area contributed by atoms with E-state index in [1.165, 1.54) is 16.4 Å². The van der Waals surface area contributed by atoms with Gasteiger partial charge in [0.15, 0.2) is 0 Å². The second kappa shape index (κ2) is 9.38. The van der Waals surface area contributed by atoms with E-state index in [4.69, 9.17) is 9.47 Å². The van der Waals surface area contributed by atoms with Gasteiger partial charge in [-0.15, -0.1) is 0 Å². The number of ether oxygens (including phenoxy) is 2. The summed E-state index contributed by atoms with van der Waals surface area (Å²) in [5.74, 6) is 0.510. The summed E-state index contributed by atoms with van der Waals surface area (Å²) in [6.45, 7) is 5.99. The molecule has 1 N–H and O–H groups in total. The second-order valence-corrected chi connectivity index (χ2v) is 9.85. The fourth-order valence-electron chi connectivity index (χ4n) is 3.80. The maximum Gasteiger partial charge on any atom is 0.270 e. The molecule has 10 heteroatoms. The average Bonchev–Trinajstić information content (AvgIpc) is 2.68. The summed E-state index contributed by atoms with van der Waals surface area (Å²) in [4.78, 5) is 10.6. The molecule has 1 aromatic rings. The summed E-state index contributed by atoms with van der Waals surface area (Å²) in [6.07, 6.45) is 2.59. The second-order valence-electron chi connectivity index (χ2n) is 7.94. The smallest absolute Gasteiger partial charge is 0.270 e. The minimum absolute atomic E-state index is 0.0487. The van der Waals surface area contributed by atoms with Gasteiger partial charge in [0.25, 0.3) is 5.69 Å². The number of nitro groups is 1. The molecule has 0 spiro atoms. The maximum absolute atomic E-state index is 13.2. The standard InChI is InChI=1S/C19H29N3O6S/c1-14(2)11-17-12-15(5-8-28-17)20-18-4-3-16(22(23)24)13-19(18)29(25,26)21-6-9-27-10-7-21/h3-4,13-15,17,20H,5-12H2,1-2H3/t15-,17-/m0/s1. The Morgan fingerprint density at radius 2 is 2.00 bits per heavy atom. The van der Waals surface area contributed by atoms with E-state index in [0.29, 0.717) is 31.4 Å². The maximum atomic E-state index is 13.2. The topological polar surface area (TPSA) is 111 Å². The Hall–Kier alpha value is -1.75. The van der Waals surface area contributed by atoms with Crippen LogP contribution in [0.5, 0.6) is 0 Å². The molecule has 2 heterocycles. The lowest BCUT2D eigenvalue weighted by atomic mass is 9.96. The Balaban J connectivity index is 1.87. The molecule has 0 amide bonds. The molecule has 29 heavy (non-hydrogen) atoms. The zero-order valence-corrected chi connectivity index (χ0v) is 17.7. The van der Waals surface area contributed by atoms with Crippen molar-refractivity contribution >= 4 is 21.4 Å². The molecule has 2 aliphatic rings. The van der Waals surface area contributed by atoms with Gasteiger partial charge in [0, 0.05) is 37.9 Å². The molecule has 0 unspecified atom stereocenters. The predicted molar refractivity (Wildman–Crippen MR) is 109 cm³/mol. The van der Waals surface area contributed by atoms with Crippen LogP contribution in [0.3, 0.4) is 0 Å². The number of benzene rings is 1. The molecule has 0 aliphatic carbocycles. The van der Waals surface area contributed by atoms with Crippen LogP contribution in [0.25, 0.3) is 0 Å². The molecule has 162 valence electrons. The van der Waals surface area contributed by atoms with E-state index in [1.54, 1.807) is 0 Å². The SMILES string of the molecule is CC(C)C[C@H]1C[C@@H](Nc2ccc([N+](=O)[O-])cc2S(=O)(=O)N2CCOCC2)CCO1. The Morgan fingerprint density at radius 1 is 1.28 bits per heavy atom. The molecule has 0 bridgehead atoms. The number of non-ortho nitro benzene ring substituents is 1. The van der Waals surface area contributed by atoms with Crippen molar-refractivity contribution in [2.24, 2.45) is 5.92 Å². The fourth-order valence-corrected chi connectivity index (χ4v) is 5.39. The van der Waals surface area contributed by atoms with Crippen molar-refractivity contribution in [3.05, 3.63) is 28.3 Å². The summed E-state index contributed by atoms with van der Waals surface area (Å²) in [5.41, 5.74) is 0.157. The monoisotopic (exact) mass is 427 g/mol. The van der Waals surface area contributed by atoms with Crippen LogP contribution in [0.4, 0.5) is 11.4 Å². The molecule has 2 aliphatic heterocycles. The van der Waals surface area contributed by atoms with Crippen molar-refractivity contribution < 1.29 is 22.8 Å². The minimum atomic E-state index is -3.88. The van der Waals surface area contributed by atoms with E-state index < -0.39 is 14.9 Å². The average molecular weight is 428 g/mol. The van der Waals surface area contributed by atoms with Crippen molar-refractivity contribution in [2.45, 2.75) is 50.2 Å². The van der Waals surface area contributed by atoms with Crippen molar-refractivity contribution in [1.29, 1.82) is 0 Å². The van der Waals surface area contributed by atoms with Gasteiger partial charge in [-0.3, -0.25) is 10.1 Å². The van der Waals surface area contributed by atoms with Crippen molar-refractivity contribution in [3.63, 3.8) is 0 Å². The molecule has 1 aromatic carbocycles. The summed E-state index contributed by atoms with van der Waals surface area (Å²) in [6, 6.07) is 4.04. The minimum Gasteiger partial charge on any atom is -0.381 e. The highest BCUT2D eigenvalue weighted by molar-refractivity contribution is 7.89. The van der Waals surface area contributed by atoms with Crippen LogP contribution in [-0.4, -0.2) is 62.7 Å². The molecule has 3 rings (SSSR count). The van der Waals surface area contributed by atoms with E-state index in [-0.39, 0.29) is 35.8 Å². The summed E-state index contributed by atoms with van der Waals surface area (Å²) in [7, 11) is -3.88. The third-order valence-corrected chi connectivity index (χ3v) is 7.16. The predicted octanol–water partition coefficient (Wildman–Crippen LogP) is 2.62. The largest absolute Gasteiger partial charge is 0.381 e. The third-order valence-electron chi connectivity index (χ3n) is 5.23. The van der Waals surface area contributed by atoms with E-state index in [0.717, 1.165) is 25.3 Å². The third kappa shape index (κ3) is 5.44. The van der Waals surface area contributed by atoms with Gasteiger partial charge in [0.2, 0.25) is 10.0 Å². The molecule has 2 fully saturated rings. The zero-order chi connectivity index (χ0) is 21.0. The van der Waals surface area contributed by atoms with Gasteiger partial charge in [0.1, 0.15) is 4.90 Å². The Labute approximate surface area is 171 Å². The van der Waals surface area contributed by atoms with E-state index in [9.17, 15) is 18.5 Å². The van der Waals surface area contributed by atoms with Gasteiger partial charge in [-0.1, -0.05) is 13.8 Å². The molecule has 0 radical (unpaired) electrons. The quantitative estimate of drug-likeness (QED) is 0.526. The normalized spacial score (nSPS) is 23.8. The lowest BCUT2D eigenvalue weighted by Crippen LogP contribution is -2.41. The van der Waals surface area contributed by atoms with Crippen LogP contribution >= 0.6 is 0 Å².